The van der Waals surface area contributed by atoms with Gasteiger partial charge < -0.3 is 10.1 Å². The first kappa shape index (κ1) is 12.7. The monoisotopic (exact) mass is 291 g/mol. The van der Waals surface area contributed by atoms with Crippen molar-refractivity contribution < 1.29 is 0 Å². The van der Waals surface area contributed by atoms with Crippen molar-refractivity contribution in [2.24, 2.45) is 0 Å². The molecular weight excluding hydrogens is 278 g/mol. The summed E-state index contributed by atoms with van der Waals surface area (Å²) in [6, 6.07) is 0. The molecule has 20 heavy (non-hydrogen) atoms. The van der Waals surface area contributed by atoms with E-state index in [1.807, 2.05) is 6.92 Å². The lowest BCUT2D eigenvalue weighted by Gasteiger charge is -2.05. The van der Waals surface area contributed by atoms with Crippen molar-refractivity contribution in [1.82, 2.24) is 29.1 Å². The van der Waals surface area contributed by atoms with E-state index in [4.69, 9.17) is 5.73 Å². The summed E-state index contributed by atoms with van der Waals surface area (Å²) in [7, 11) is 0. The first-order valence-electron chi connectivity index (χ1n) is 6.11. The third kappa shape index (κ3) is 2.16. The fraction of sp³-hybridized carbons (Fsp3) is 0.273. The molecule has 0 saturated carbocycles. The highest BCUT2D eigenvalue weighted by Gasteiger charge is 2.14. The van der Waals surface area contributed by atoms with Gasteiger partial charge >= 0.3 is 5.69 Å². The highest BCUT2D eigenvalue weighted by molar-refractivity contribution is 7.99. The summed E-state index contributed by atoms with van der Waals surface area (Å²) < 4.78 is 3.37. The van der Waals surface area contributed by atoms with Gasteiger partial charge in [-0.1, -0.05) is 6.92 Å². The van der Waals surface area contributed by atoms with Crippen molar-refractivity contribution in [3.8, 4) is 0 Å². The second-order valence-corrected chi connectivity index (χ2v) is 5.15. The molecule has 0 radical (unpaired) electrons. The Balaban J connectivity index is 2.05. The van der Waals surface area contributed by atoms with Gasteiger partial charge in [0.15, 0.2) is 10.8 Å². The summed E-state index contributed by atoms with van der Waals surface area (Å²) in [4.78, 5) is 20.2. The lowest BCUT2D eigenvalue weighted by Crippen LogP contribution is -2.17. The molecule has 104 valence electrons. The number of fused-ring (bicyclic) bond motifs is 1. The van der Waals surface area contributed by atoms with E-state index >= 15 is 0 Å². The zero-order chi connectivity index (χ0) is 14.1. The highest BCUT2D eigenvalue weighted by Crippen LogP contribution is 2.27. The minimum Gasteiger partial charge on any atom is -0.382 e. The van der Waals surface area contributed by atoms with E-state index in [0.717, 1.165) is 6.42 Å². The van der Waals surface area contributed by atoms with Crippen molar-refractivity contribution in [1.29, 1.82) is 0 Å². The number of nitrogen functional groups attached to an aromatic ring is 1. The Morgan fingerprint density at radius 3 is 3.15 bits per heavy atom. The van der Waals surface area contributed by atoms with E-state index in [2.05, 4.69) is 20.2 Å². The molecule has 0 fully saturated rings. The molecule has 3 N–H and O–H groups in total. The van der Waals surface area contributed by atoms with Gasteiger partial charge in [0.2, 0.25) is 0 Å². The molecule has 3 aromatic rings. The minimum atomic E-state index is -0.224. The Morgan fingerprint density at radius 1 is 1.50 bits per heavy atom. The second-order valence-electron chi connectivity index (χ2n) is 4.19. The highest BCUT2D eigenvalue weighted by atomic mass is 32.2. The quantitative estimate of drug-likeness (QED) is 0.735. The fourth-order valence-electron chi connectivity index (χ4n) is 1.88. The Bertz CT molecular complexity index is 803. The van der Waals surface area contributed by atoms with Crippen LogP contribution in [0.4, 0.5) is 5.82 Å². The largest absolute Gasteiger partial charge is 0.382 e. The van der Waals surface area contributed by atoms with Crippen molar-refractivity contribution in [3.63, 3.8) is 0 Å². The van der Waals surface area contributed by atoms with Crippen molar-refractivity contribution in [3.05, 3.63) is 29.1 Å². The van der Waals surface area contributed by atoms with Crippen LogP contribution in [0.25, 0.3) is 5.65 Å². The van der Waals surface area contributed by atoms with Gasteiger partial charge in [-0.2, -0.15) is 0 Å². The van der Waals surface area contributed by atoms with Crippen LogP contribution in [0.5, 0.6) is 0 Å². The number of aromatic nitrogens is 6. The molecule has 9 heteroatoms. The van der Waals surface area contributed by atoms with Crippen LogP contribution in [0.3, 0.4) is 0 Å². The summed E-state index contributed by atoms with van der Waals surface area (Å²) in [5, 5.41) is 7.64. The topological polar surface area (TPSA) is 107 Å². The molecule has 0 aliphatic heterocycles. The Hall–Kier alpha value is -2.29. The van der Waals surface area contributed by atoms with Gasteiger partial charge in [0, 0.05) is 18.9 Å². The van der Waals surface area contributed by atoms with Gasteiger partial charge in [0.1, 0.15) is 10.8 Å². The van der Waals surface area contributed by atoms with E-state index in [1.165, 1.54) is 11.8 Å². The number of hydrogen-bond donors (Lipinski definition) is 2. The van der Waals surface area contributed by atoms with Crippen molar-refractivity contribution in [2.75, 3.05) is 5.73 Å². The standard InChI is InChI=1S/C11H13N7OS/c1-2-4-18-10(19)15-16-11(18)20-9-8-13-3-5-17(8)6-7(12)14-9/h3,5-6H,2,4,12H2,1H3,(H,15,19). The molecule has 0 aromatic carbocycles. The second kappa shape index (κ2) is 5.00. The molecule has 3 heterocycles. The van der Waals surface area contributed by atoms with Crippen molar-refractivity contribution in [2.45, 2.75) is 30.1 Å². The number of anilines is 1. The first-order chi connectivity index (χ1) is 9.69. The summed E-state index contributed by atoms with van der Waals surface area (Å²) in [5.74, 6) is 0.387. The lowest BCUT2D eigenvalue weighted by atomic mass is 10.5. The third-order valence-electron chi connectivity index (χ3n) is 2.72. The molecular formula is C11H13N7OS. The number of hydrogen-bond acceptors (Lipinski definition) is 6. The van der Waals surface area contributed by atoms with Gasteiger partial charge in [-0.15, -0.1) is 5.10 Å². The maximum atomic E-state index is 11.7. The number of imidazole rings is 1. The molecule has 0 spiro atoms. The van der Waals surface area contributed by atoms with E-state index in [0.29, 0.717) is 28.2 Å². The molecule has 0 saturated heterocycles. The Kier molecular flexibility index (Phi) is 3.18. The number of rotatable bonds is 4. The van der Waals surface area contributed by atoms with Gasteiger partial charge in [-0.05, 0) is 18.2 Å². The summed E-state index contributed by atoms with van der Waals surface area (Å²) in [5.41, 5.74) is 6.23. The number of nitrogens with two attached hydrogens (primary N) is 1. The van der Waals surface area contributed by atoms with E-state index in [-0.39, 0.29) is 5.69 Å². The molecule has 3 aromatic heterocycles. The van der Waals surface area contributed by atoms with Crippen LogP contribution in [-0.2, 0) is 6.54 Å². The number of nitrogens with one attached hydrogen (secondary N) is 1. The average molecular weight is 291 g/mol. The van der Waals surface area contributed by atoms with Crippen LogP contribution in [-0.4, -0.2) is 29.1 Å². The molecule has 0 aliphatic carbocycles. The maximum Gasteiger partial charge on any atom is 0.343 e. The normalized spacial score (nSPS) is 11.2. The van der Waals surface area contributed by atoms with Gasteiger partial charge in [-0.3, -0.25) is 4.57 Å². The van der Waals surface area contributed by atoms with Gasteiger partial charge in [0.25, 0.3) is 0 Å². The van der Waals surface area contributed by atoms with Crippen LogP contribution >= 0.6 is 11.8 Å². The first-order valence-corrected chi connectivity index (χ1v) is 6.93. The summed E-state index contributed by atoms with van der Waals surface area (Å²) in [6.45, 7) is 2.60. The van der Waals surface area contributed by atoms with Crippen LogP contribution in [0, 0.1) is 0 Å². The molecule has 0 bridgehead atoms. The van der Waals surface area contributed by atoms with Crippen LogP contribution in [0.1, 0.15) is 13.3 Å². The molecule has 0 aliphatic rings. The van der Waals surface area contributed by atoms with E-state index in [9.17, 15) is 4.79 Å². The van der Waals surface area contributed by atoms with Crippen LogP contribution in [0.15, 0.2) is 33.6 Å². The predicted octanol–water partition coefficient (Wildman–Crippen LogP) is 0.757. The number of H-pyrrole nitrogens is 1. The zero-order valence-corrected chi connectivity index (χ0v) is 11.6. The molecule has 3 rings (SSSR count). The van der Waals surface area contributed by atoms with Gasteiger partial charge in [0.05, 0.1) is 6.20 Å². The SMILES string of the molecule is CCCn1c(Sc2nc(N)cn3ccnc23)n[nH]c1=O. The van der Waals surface area contributed by atoms with Crippen LogP contribution in [0.2, 0.25) is 0 Å². The zero-order valence-electron chi connectivity index (χ0n) is 10.8. The summed E-state index contributed by atoms with van der Waals surface area (Å²) in [6.07, 6.45) is 6.00. The van der Waals surface area contributed by atoms with E-state index in [1.54, 1.807) is 27.6 Å². The van der Waals surface area contributed by atoms with Crippen LogP contribution < -0.4 is 11.4 Å². The molecule has 0 amide bonds. The van der Waals surface area contributed by atoms with E-state index < -0.39 is 0 Å². The smallest absolute Gasteiger partial charge is 0.343 e. The van der Waals surface area contributed by atoms with Crippen molar-refractivity contribution >= 4 is 23.2 Å². The Labute approximate surface area is 118 Å². The number of aromatic amines is 1. The third-order valence-corrected chi connectivity index (χ3v) is 3.68. The fourth-order valence-corrected chi connectivity index (χ4v) is 2.83. The molecule has 0 unspecified atom stereocenters. The molecule has 8 nitrogen and oxygen atoms in total. The minimum absolute atomic E-state index is 0.224. The predicted molar refractivity (Wildman–Crippen MR) is 74.7 cm³/mol. The average Bonchev–Trinajstić information content (AvgIpc) is 3.00. The number of nitrogens with zero attached hydrogens (tertiary/aromatic N) is 5. The van der Waals surface area contributed by atoms with Gasteiger partial charge in [-0.25, -0.2) is 19.9 Å². The lowest BCUT2D eigenvalue weighted by molar-refractivity contribution is 0.603. The molecule has 0 atom stereocenters. The maximum absolute atomic E-state index is 11.7. The summed E-state index contributed by atoms with van der Waals surface area (Å²) >= 11 is 1.27. The Morgan fingerprint density at radius 2 is 2.35 bits per heavy atom.